The van der Waals surface area contributed by atoms with Crippen LogP contribution in [-0.4, -0.2) is 30.7 Å². The molecule has 0 N–H and O–H groups in total. The number of halogens is 1. The highest BCUT2D eigenvalue weighted by Crippen LogP contribution is 2.34. The predicted octanol–water partition coefficient (Wildman–Crippen LogP) is 3.05. The van der Waals surface area contributed by atoms with Crippen LogP contribution < -0.4 is 0 Å². The molecule has 1 aromatic carbocycles. The van der Waals surface area contributed by atoms with Gasteiger partial charge in [0.25, 0.3) is 0 Å². The van der Waals surface area contributed by atoms with Crippen LogP contribution in [0.4, 0.5) is 0 Å². The summed E-state index contributed by atoms with van der Waals surface area (Å²) in [6.07, 6.45) is 1.34. The molecule has 0 heterocycles. The molecular formula is C14H20ClNO. The molecule has 2 nitrogen and oxygen atoms in total. The minimum absolute atomic E-state index is 0.0857. The highest BCUT2D eigenvalue weighted by Gasteiger charge is 2.34. The number of hydrogen-bond acceptors (Lipinski definition) is 2. The number of nitrogens with zero attached hydrogens (tertiary/aromatic N) is 1. The fourth-order valence-corrected chi connectivity index (χ4v) is 2.38. The summed E-state index contributed by atoms with van der Waals surface area (Å²) in [5.74, 6) is 0.175. The molecule has 0 saturated heterocycles. The van der Waals surface area contributed by atoms with Gasteiger partial charge in [0.2, 0.25) is 0 Å². The lowest BCUT2D eigenvalue weighted by Gasteiger charge is -2.39. The van der Waals surface area contributed by atoms with E-state index in [1.54, 1.807) is 0 Å². The Hall–Kier alpha value is -0.860. The number of rotatable bonds is 6. The summed E-state index contributed by atoms with van der Waals surface area (Å²) in [5, 5.41) is 0. The van der Waals surface area contributed by atoms with Gasteiger partial charge in [0.1, 0.15) is 5.78 Å². The van der Waals surface area contributed by atoms with Crippen molar-refractivity contribution in [1.82, 2.24) is 4.90 Å². The van der Waals surface area contributed by atoms with E-state index in [0.717, 1.165) is 6.42 Å². The Labute approximate surface area is 109 Å². The van der Waals surface area contributed by atoms with Crippen molar-refractivity contribution >= 4 is 17.4 Å². The van der Waals surface area contributed by atoms with Gasteiger partial charge in [-0.1, -0.05) is 37.3 Å². The number of alkyl halides is 1. The van der Waals surface area contributed by atoms with Crippen LogP contribution in [0.5, 0.6) is 0 Å². The first kappa shape index (κ1) is 14.2. The maximum atomic E-state index is 11.7. The Bertz CT molecular complexity index is 364. The van der Waals surface area contributed by atoms with E-state index in [9.17, 15) is 4.79 Å². The molecule has 0 aliphatic rings. The van der Waals surface area contributed by atoms with Crippen LogP contribution in [0.2, 0.25) is 0 Å². The van der Waals surface area contributed by atoms with E-state index in [1.165, 1.54) is 5.56 Å². The second-order valence-electron chi connectivity index (χ2n) is 4.49. The summed E-state index contributed by atoms with van der Waals surface area (Å²) in [4.78, 5) is 13.8. The third kappa shape index (κ3) is 3.08. The van der Waals surface area contributed by atoms with Crippen LogP contribution in [0, 0.1) is 0 Å². The third-order valence-electron chi connectivity index (χ3n) is 3.39. The molecule has 0 aromatic heterocycles. The normalized spacial score (nSPS) is 14.6. The van der Waals surface area contributed by atoms with E-state index < -0.39 is 0 Å². The number of hydrogen-bond donors (Lipinski definition) is 0. The molecule has 0 fully saturated rings. The smallest absolute Gasteiger partial charge is 0.149 e. The SMILES string of the molecule is CCC(CC(=O)CCl)(c1ccccc1)N(C)C. The van der Waals surface area contributed by atoms with Crippen LogP contribution in [0.25, 0.3) is 0 Å². The van der Waals surface area contributed by atoms with Gasteiger partial charge < -0.3 is 0 Å². The molecule has 17 heavy (non-hydrogen) atoms. The summed E-state index contributed by atoms with van der Waals surface area (Å²) >= 11 is 5.64. The first-order valence-corrected chi connectivity index (χ1v) is 6.41. The van der Waals surface area contributed by atoms with Crippen molar-refractivity contribution in [2.75, 3.05) is 20.0 Å². The molecule has 0 bridgehead atoms. The minimum atomic E-state index is -0.243. The molecule has 0 saturated carbocycles. The molecule has 0 radical (unpaired) electrons. The van der Waals surface area contributed by atoms with Gasteiger partial charge in [-0.3, -0.25) is 9.69 Å². The molecule has 1 atom stereocenters. The molecule has 0 amide bonds. The number of Topliss-reactive ketones (excluding diaryl/α,β-unsaturated/α-hetero) is 1. The molecule has 0 spiro atoms. The lowest BCUT2D eigenvalue weighted by atomic mass is 9.81. The Morgan fingerprint density at radius 2 is 1.88 bits per heavy atom. The Morgan fingerprint density at radius 1 is 1.29 bits per heavy atom. The maximum Gasteiger partial charge on any atom is 0.149 e. The van der Waals surface area contributed by atoms with Gasteiger partial charge in [0.15, 0.2) is 0 Å². The van der Waals surface area contributed by atoms with Crippen molar-refractivity contribution in [3.63, 3.8) is 0 Å². The molecule has 3 heteroatoms. The Balaban J connectivity index is 3.13. The molecule has 1 aromatic rings. The fourth-order valence-electron chi connectivity index (χ4n) is 2.29. The molecule has 0 aliphatic heterocycles. The van der Waals surface area contributed by atoms with E-state index in [1.807, 2.05) is 32.3 Å². The summed E-state index contributed by atoms with van der Waals surface area (Å²) in [6.45, 7) is 2.11. The van der Waals surface area contributed by atoms with Gasteiger partial charge in [-0.25, -0.2) is 0 Å². The zero-order chi connectivity index (χ0) is 12.9. The number of ketones is 1. The third-order valence-corrected chi connectivity index (χ3v) is 3.69. The van der Waals surface area contributed by atoms with E-state index in [4.69, 9.17) is 11.6 Å². The maximum absolute atomic E-state index is 11.7. The van der Waals surface area contributed by atoms with E-state index >= 15 is 0 Å². The van der Waals surface area contributed by atoms with Crippen LogP contribution in [0.15, 0.2) is 30.3 Å². The highest BCUT2D eigenvalue weighted by molar-refractivity contribution is 6.27. The predicted molar refractivity (Wildman–Crippen MR) is 72.4 cm³/mol. The number of benzene rings is 1. The van der Waals surface area contributed by atoms with Gasteiger partial charge in [-0.15, -0.1) is 11.6 Å². The summed E-state index contributed by atoms with van der Waals surface area (Å²) in [5.41, 5.74) is 0.929. The van der Waals surface area contributed by atoms with Crippen molar-refractivity contribution < 1.29 is 4.79 Å². The van der Waals surface area contributed by atoms with Crippen molar-refractivity contribution in [3.05, 3.63) is 35.9 Å². The molecule has 1 rings (SSSR count). The van der Waals surface area contributed by atoms with E-state index in [0.29, 0.717) is 6.42 Å². The van der Waals surface area contributed by atoms with E-state index in [-0.39, 0.29) is 17.2 Å². The standard InChI is InChI=1S/C14H20ClNO/c1-4-14(16(2)3,10-13(17)11-15)12-8-6-5-7-9-12/h5-9H,4,10-11H2,1-3H3. The molecule has 0 aliphatic carbocycles. The van der Waals surface area contributed by atoms with Crippen LogP contribution in [0.1, 0.15) is 25.3 Å². The summed E-state index contributed by atoms with van der Waals surface area (Å²) < 4.78 is 0. The lowest BCUT2D eigenvalue weighted by Crippen LogP contribution is -2.43. The largest absolute Gasteiger partial charge is 0.299 e. The van der Waals surface area contributed by atoms with Gasteiger partial charge in [-0.2, -0.15) is 0 Å². The van der Waals surface area contributed by atoms with Crippen molar-refractivity contribution in [2.45, 2.75) is 25.3 Å². The van der Waals surface area contributed by atoms with E-state index in [2.05, 4.69) is 24.0 Å². The van der Waals surface area contributed by atoms with Crippen molar-refractivity contribution in [2.24, 2.45) is 0 Å². The quantitative estimate of drug-likeness (QED) is 0.727. The van der Waals surface area contributed by atoms with Gasteiger partial charge in [-0.05, 0) is 26.1 Å². The summed E-state index contributed by atoms with van der Waals surface area (Å²) in [6, 6.07) is 10.2. The zero-order valence-corrected chi connectivity index (χ0v) is 11.5. The van der Waals surface area contributed by atoms with Crippen molar-refractivity contribution in [1.29, 1.82) is 0 Å². The second-order valence-corrected chi connectivity index (χ2v) is 4.76. The molecule has 94 valence electrons. The lowest BCUT2D eigenvalue weighted by molar-refractivity contribution is -0.119. The molecular weight excluding hydrogens is 234 g/mol. The van der Waals surface area contributed by atoms with Crippen LogP contribution in [-0.2, 0) is 10.3 Å². The number of carbonyl (C=O) groups is 1. The fraction of sp³-hybridized carbons (Fsp3) is 0.500. The first-order chi connectivity index (χ1) is 8.06. The Kier molecular flexibility index (Phi) is 5.16. The zero-order valence-electron chi connectivity index (χ0n) is 10.7. The average molecular weight is 254 g/mol. The highest BCUT2D eigenvalue weighted by atomic mass is 35.5. The van der Waals surface area contributed by atoms with Gasteiger partial charge >= 0.3 is 0 Å². The van der Waals surface area contributed by atoms with Crippen LogP contribution >= 0.6 is 11.6 Å². The Morgan fingerprint density at radius 3 is 2.29 bits per heavy atom. The monoisotopic (exact) mass is 253 g/mol. The minimum Gasteiger partial charge on any atom is -0.299 e. The van der Waals surface area contributed by atoms with Crippen molar-refractivity contribution in [3.8, 4) is 0 Å². The summed E-state index contributed by atoms with van der Waals surface area (Å²) in [7, 11) is 4.02. The number of carbonyl (C=O) groups excluding carboxylic acids is 1. The molecule has 1 unspecified atom stereocenters. The van der Waals surface area contributed by atoms with Gasteiger partial charge in [0.05, 0.1) is 11.4 Å². The topological polar surface area (TPSA) is 20.3 Å². The first-order valence-electron chi connectivity index (χ1n) is 5.87. The van der Waals surface area contributed by atoms with Gasteiger partial charge in [0, 0.05) is 6.42 Å². The van der Waals surface area contributed by atoms with Crippen LogP contribution in [0.3, 0.4) is 0 Å². The average Bonchev–Trinajstić information content (AvgIpc) is 2.36. The second kappa shape index (κ2) is 6.18.